The number of aliphatic imine (C=N–C) groups is 1. The quantitative estimate of drug-likeness (QED) is 0.808. The van der Waals surface area contributed by atoms with Crippen LogP contribution in [0.15, 0.2) is 59.6 Å². The van der Waals surface area contributed by atoms with E-state index in [0.717, 1.165) is 5.56 Å². The highest BCUT2D eigenvalue weighted by Gasteiger charge is 2.04. The first-order valence-corrected chi connectivity index (χ1v) is 5.78. The number of hydrogen-bond donors (Lipinski definition) is 2. The molecule has 2 rings (SSSR count). The molecule has 0 aliphatic carbocycles. The number of aliphatic hydroxyl groups excluding tert-OH is 1. The molecule has 0 aliphatic heterocycles. The topological polar surface area (TPSA) is 52.8 Å². The monoisotopic (exact) mass is 241 g/mol. The maximum absolute atomic E-state index is 9.89. The van der Waals surface area contributed by atoms with Gasteiger partial charge in [0.2, 0.25) is 0 Å². The summed E-state index contributed by atoms with van der Waals surface area (Å²) < 4.78 is 0. The summed E-state index contributed by atoms with van der Waals surface area (Å²) in [6.07, 6.45) is 0.954. The van der Waals surface area contributed by atoms with Gasteiger partial charge in [0.1, 0.15) is 5.75 Å². The third kappa shape index (κ3) is 3.18. The molecule has 1 atom stereocenters. The molecule has 0 spiro atoms. The fourth-order valence-corrected chi connectivity index (χ4v) is 1.63. The van der Waals surface area contributed by atoms with Gasteiger partial charge in [-0.25, -0.2) is 0 Å². The van der Waals surface area contributed by atoms with E-state index in [4.69, 9.17) is 0 Å². The lowest BCUT2D eigenvalue weighted by Gasteiger charge is -2.07. The lowest BCUT2D eigenvalue weighted by atomic mass is 10.1. The normalized spacial score (nSPS) is 12.7. The molecule has 3 heteroatoms. The van der Waals surface area contributed by atoms with Crippen molar-refractivity contribution in [1.29, 1.82) is 0 Å². The average molecular weight is 241 g/mol. The molecule has 0 bridgehead atoms. The van der Waals surface area contributed by atoms with Gasteiger partial charge in [-0.3, -0.25) is 4.99 Å². The van der Waals surface area contributed by atoms with Crippen LogP contribution in [0.3, 0.4) is 0 Å². The van der Waals surface area contributed by atoms with Crippen molar-refractivity contribution in [3.05, 3.63) is 65.7 Å². The Morgan fingerprint density at radius 3 is 2.39 bits per heavy atom. The largest absolute Gasteiger partial charge is 0.507 e. The van der Waals surface area contributed by atoms with Crippen LogP contribution in [0.5, 0.6) is 5.75 Å². The lowest BCUT2D eigenvalue weighted by molar-refractivity contribution is 0.187. The average Bonchev–Trinajstić information content (AvgIpc) is 2.42. The van der Waals surface area contributed by atoms with E-state index >= 15 is 0 Å². The molecule has 18 heavy (non-hydrogen) atoms. The SMILES string of the molecule is Oc1ccccc1C=NCC(O)c1ccccc1. The van der Waals surface area contributed by atoms with Crippen LogP contribution in [0.2, 0.25) is 0 Å². The van der Waals surface area contributed by atoms with Gasteiger partial charge >= 0.3 is 0 Å². The van der Waals surface area contributed by atoms with Gasteiger partial charge in [-0.2, -0.15) is 0 Å². The Labute approximate surface area is 106 Å². The van der Waals surface area contributed by atoms with Gasteiger partial charge in [0.05, 0.1) is 12.6 Å². The van der Waals surface area contributed by atoms with E-state index in [2.05, 4.69) is 4.99 Å². The minimum absolute atomic E-state index is 0.190. The molecular formula is C15H15NO2. The van der Waals surface area contributed by atoms with Crippen molar-refractivity contribution in [2.24, 2.45) is 4.99 Å². The maximum atomic E-state index is 9.89. The Morgan fingerprint density at radius 1 is 1.00 bits per heavy atom. The molecule has 92 valence electrons. The molecule has 0 saturated heterocycles. The highest BCUT2D eigenvalue weighted by Crippen LogP contribution is 2.14. The number of hydrogen-bond acceptors (Lipinski definition) is 3. The van der Waals surface area contributed by atoms with Crippen LogP contribution in [-0.4, -0.2) is 23.0 Å². The number of aliphatic hydroxyl groups is 1. The number of para-hydroxylation sites is 1. The zero-order valence-electron chi connectivity index (χ0n) is 9.90. The number of phenols is 1. The second-order valence-corrected chi connectivity index (χ2v) is 3.98. The minimum atomic E-state index is -0.617. The molecule has 2 aromatic carbocycles. The highest BCUT2D eigenvalue weighted by atomic mass is 16.3. The van der Waals surface area contributed by atoms with Crippen molar-refractivity contribution in [3.63, 3.8) is 0 Å². The summed E-state index contributed by atoms with van der Waals surface area (Å²) in [6.45, 7) is 0.276. The lowest BCUT2D eigenvalue weighted by Crippen LogP contribution is -2.01. The first-order chi connectivity index (χ1) is 8.77. The molecule has 0 heterocycles. The van der Waals surface area contributed by atoms with E-state index in [-0.39, 0.29) is 12.3 Å². The third-order valence-corrected chi connectivity index (χ3v) is 2.63. The van der Waals surface area contributed by atoms with E-state index < -0.39 is 6.10 Å². The first-order valence-electron chi connectivity index (χ1n) is 5.78. The summed E-state index contributed by atoms with van der Waals surface area (Å²) in [4.78, 5) is 4.14. The molecule has 0 saturated carbocycles. The second kappa shape index (κ2) is 5.98. The minimum Gasteiger partial charge on any atom is -0.507 e. The van der Waals surface area contributed by atoms with Crippen molar-refractivity contribution in [3.8, 4) is 5.75 Å². The summed E-state index contributed by atoms with van der Waals surface area (Å²) in [7, 11) is 0. The zero-order valence-corrected chi connectivity index (χ0v) is 9.90. The van der Waals surface area contributed by atoms with E-state index in [0.29, 0.717) is 5.56 Å². The van der Waals surface area contributed by atoms with Gasteiger partial charge < -0.3 is 10.2 Å². The number of rotatable bonds is 4. The van der Waals surface area contributed by atoms with Gasteiger partial charge in [0, 0.05) is 11.8 Å². The van der Waals surface area contributed by atoms with Gasteiger partial charge in [-0.1, -0.05) is 42.5 Å². The first kappa shape index (κ1) is 12.3. The smallest absolute Gasteiger partial charge is 0.124 e. The van der Waals surface area contributed by atoms with E-state index in [9.17, 15) is 10.2 Å². The Balaban J connectivity index is 1.98. The van der Waals surface area contributed by atoms with Gasteiger partial charge in [-0.05, 0) is 17.7 Å². The highest BCUT2D eigenvalue weighted by molar-refractivity contribution is 5.83. The van der Waals surface area contributed by atoms with Gasteiger partial charge in [-0.15, -0.1) is 0 Å². The van der Waals surface area contributed by atoms with Crippen LogP contribution in [0.1, 0.15) is 17.2 Å². The number of nitrogens with zero attached hydrogens (tertiary/aromatic N) is 1. The van der Waals surface area contributed by atoms with Crippen molar-refractivity contribution < 1.29 is 10.2 Å². The molecule has 0 aliphatic rings. The van der Waals surface area contributed by atoms with E-state index in [1.165, 1.54) is 0 Å². The Kier molecular flexibility index (Phi) is 4.10. The van der Waals surface area contributed by atoms with Gasteiger partial charge in [0.15, 0.2) is 0 Å². The van der Waals surface area contributed by atoms with Crippen molar-refractivity contribution in [2.75, 3.05) is 6.54 Å². The summed E-state index contributed by atoms with van der Waals surface area (Å²) >= 11 is 0. The predicted molar refractivity (Wildman–Crippen MR) is 72.0 cm³/mol. The Bertz CT molecular complexity index is 523. The van der Waals surface area contributed by atoms with Crippen LogP contribution in [-0.2, 0) is 0 Å². The molecule has 0 fully saturated rings. The predicted octanol–water partition coefficient (Wildman–Crippen LogP) is 2.54. The molecular weight excluding hydrogens is 226 g/mol. The molecule has 2 aromatic rings. The van der Waals surface area contributed by atoms with Crippen molar-refractivity contribution in [1.82, 2.24) is 0 Å². The number of phenolic OH excluding ortho intramolecular Hbond substituents is 1. The molecule has 2 N–H and O–H groups in total. The third-order valence-electron chi connectivity index (χ3n) is 2.63. The summed E-state index contributed by atoms with van der Waals surface area (Å²) in [5.41, 5.74) is 1.49. The number of aromatic hydroxyl groups is 1. The van der Waals surface area contributed by atoms with Crippen LogP contribution in [0, 0.1) is 0 Å². The fraction of sp³-hybridized carbons (Fsp3) is 0.133. The standard InChI is InChI=1S/C15H15NO2/c17-14-9-5-4-8-13(14)10-16-11-15(18)12-6-2-1-3-7-12/h1-10,15,17-18H,11H2. The fourth-order valence-electron chi connectivity index (χ4n) is 1.63. The van der Waals surface area contributed by atoms with Crippen molar-refractivity contribution >= 4 is 6.21 Å². The van der Waals surface area contributed by atoms with E-state index in [1.54, 1.807) is 24.4 Å². The Hall–Kier alpha value is -2.13. The summed E-state index contributed by atoms with van der Waals surface area (Å²) in [6, 6.07) is 16.3. The second-order valence-electron chi connectivity index (χ2n) is 3.98. The van der Waals surface area contributed by atoms with Crippen molar-refractivity contribution in [2.45, 2.75) is 6.10 Å². The van der Waals surface area contributed by atoms with Gasteiger partial charge in [0.25, 0.3) is 0 Å². The molecule has 1 unspecified atom stereocenters. The molecule has 0 radical (unpaired) electrons. The van der Waals surface area contributed by atoms with Crippen LogP contribution >= 0.6 is 0 Å². The maximum Gasteiger partial charge on any atom is 0.124 e. The van der Waals surface area contributed by atoms with Crippen LogP contribution < -0.4 is 0 Å². The number of benzene rings is 2. The summed E-state index contributed by atoms with van der Waals surface area (Å²) in [5, 5.41) is 19.4. The zero-order chi connectivity index (χ0) is 12.8. The van der Waals surface area contributed by atoms with Crippen LogP contribution in [0.25, 0.3) is 0 Å². The van der Waals surface area contributed by atoms with Crippen LogP contribution in [0.4, 0.5) is 0 Å². The summed E-state index contributed by atoms with van der Waals surface area (Å²) in [5.74, 6) is 0.190. The molecule has 0 aromatic heterocycles. The Morgan fingerprint density at radius 2 is 1.67 bits per heavy atom. The van der Waals surface area contributed by atoms with E-state index in [1.807, 2.05) is 36.4 Å². The molecule has 0 amide bonds. The molecule has 3 nitrogen and oxygen atoms in total.